The van der Waals surface area contributed by atoms with Crippen LogP contribution >= 0.6 is 11.6 Å². The third-order valence-electron chi connectivity index (χ3n) is 4.06. The number of fused-ring (bicyclic) bond motifs is 1. The highest BCUT2D eigenvalue weighted by Crippen LogP contribution is 2.31. The van der Waals surface area contributed by atoms with E-state index in [1.54, 1.807) is 50.2 Å². The quantitative estimate of drug-likeness (QED) is 0.769. The van der Waals surface area contributed by atoms with Gasteiger partial charge < -0.3 is 10.1 Å². The van der Waals surface area contributed by atoms with E-state index >= 15 is 0 Å². The number of halogens is 1. The summed E-state index contributed by atoms with van der Waals surface area (Å²) in [4.78, 5) is 12.6. The second kappa shape index (κ2) is 7.88. The fraction of sp³-hybridized carbons (Fsp3) is 0.316. The van der Waals surface area contributed by atoms with Gasteiger partial charge in [-0.25, -0.2) is 13.1 Å². The maximum absolute atomic E-state index is 12.4. The van der Waals surface area contributed by atoms with Crippen molar-refractivity contribution in [2.75, 3.05) is 0 Å². The zero-order chi connectivity index (χ0) is 19.6. The van der Waals surface area contributed by atoms with Crippen LogP contribution < -0.4 is 14.8 Å². The molecule has 0 saturated carbocycles. The fourth-order valence-electron chi connectivity index (χ4n) is 2.87. The summed E-state index contributed by atoms with van der Waals surface area (Å²) < 4.78 is 32.7. The Morgan fingerprint density at radius 1 is 1.26 bits per heavy atom. The topological polar surface area (TPSA) is 84.5 Å². The highest BCUT2D eigenvalue weighted by molar-refractivity contribution is 7.89. The van der Waals surface area contributed by atoms with Crippen molar-refractivity contribution in [1.29, 1.82) is 0 Å². The zero-order valence-electron chi connectivity index (χ0n) is 15.0. The first-order valence-electron chi connectivity index (χ1n) is 8.58. The zero-order valence-corrected chi connectivity index (χ0v) is 16.6. The predicted octanol–water partition coefficient (Wildman–Crippen LogP) is 2.65. The highest BCUT2D eigenvalue weighted by atomic mass is 35.5. The second-order valence-corrected chi connectivity index (χ2v) is 8.85. The molecule has 0 radical (unpaired) electrons. The van der Waals surface area contributed by atoms with E-state index in [2.05, 4.69) is 10.0 Å². The molecule has 0 spiro atoms. The minimum absolute atomic E-state index is 0.169. The van der Waals surface area contributed by atoms with Crippen molar-refractivity contribution in [3.8, 4) is 5.75 Å². The Bertz CT molecular complexity index is 960. The summed E-state index contributed by atoms with van der Waals surface area (Å²) in [7, 11) is -3.58. The molecule has 27 heavy (non-hydrogen) atoms. The third kappa shape index (κ3) is 4.80. The first-order chi connectivity index (χ1) is 12.7. The Morgan fingerprint density at radius 2 is 2.04 bits per heavy atom. The molecule has 2 N–H and O–H groups in total. The summed E-state index contributed by atoms with van der Waals surface area (Å²) in [6.45, 7) is 3.73. The molecule has 8 heteroatoms. The lowest BCUT2D eigenvalue weighted by Crippen LogP contribution is -2.37. The van der Waals surface area contributed by atoms with Crippen molar-refractivity contribution in [3.63, 3.8) is 0 Å². The molecule has 1 unspecified atom stereocenters. The van der Waals surface area contributed by atoms with Gasteiger partial charge in [0.1, 0.15) is 5.75 Å². The molecule has 1 atom stereocenters. The Hall–Kier alpha value is -2.09. The molecule has 0 bridgehead atoms. The van der Waals surface area contributed by atoms with E-state index in [-0.39, 0.29) is 23.4 Å². The molecule has 0 aliphatic carbocycles. The normalized spacial score (nSPS) is 16.1. The SMILES string of the molecule is CC(C)NS(=O)(=O)c1cccc(CNC(=O)C2Cc3cc(Cl)ccc3O2)c1. The van der Waals surface area contributed by atoms with E-state index < -0.39 is 16.1 Å². The van der Waals surface area contributed by atoms with Crippen molar-refractivity contribution in [1.82, 2.24) is 10.0 Å². The van der Waals surface area contributed by atoms with E-state index in [4.69, 9.17) is 16.3 Å². The van der Waals surface area contributed by atoms with Crippen molar-refractivity contribution in [2.45, 2.75) is 43.9 Å². The van der Waals surface area contributed by atoms with Crippen molar-refractivity contribution >= 4 is 27.5 Å². The Morgan fingerprint density at radius 3 is 2.78 bits per heavy atom. The Balaban J connectivity index is 1.62. The van der Waals surface area contributed by atoms with Crippen LogP contribution in [0.2, 0.25) is 5.02 Å². The number of carbonyl (C=O) groups excluding carboxylic acids is 1. The molecule has 1 aliphatic rings. The molecule has 2 aromatic rings. The molecule has 0 fully saturated rings. The highest BCUT2D eigenvalue weighted by Gasteiger charge is 2.29. The second-order valence-electron chi connectivity index (χ2n) is 6.70. The molecule has 1 heterocycles. The van der Waals surface area contributed by atoms with E-state index in [9.17, 15) is 13.2 Å². The van der Waals surface area contributed by atoms with E-state index in [1.165, 1.54) is 6.07 Å². The molecule has 2 aromatic carbocycles. The average molecular weight is 409 g/mol. The number of hydrogen-bond donors (Lipinski definition) is 2. The lowest BCUT2D eigenvalue weighted by atomic mass is 10.1. The monoisotopic (exact) mass is 408 g/mol. The predicted molar refractivity (Wildman–Crippen MR) is 103 cm³/mol. The number of amides is 1. The van der Waals surface area contributed by atoms with Crippen LogP contribution in [-0.2, 0) is 27.8 Å². The van der Waals surface area contributed by atoms with Gasteiger partial charge in [0.2, 0.25) is 10.0 Å². The number of hydrogen-bond acceptors (Lipinski definition) is 4. The van der Waals surface area contributed by atoms with Crippen LogP contribution in [0.3, 0.4) is 0 Å². The lowest BCUT2D eigenvalue weighted by Gasteiger charge is -2.13. The maximum atomic E-state index is 12.4. The summed E-state index contributed by atoms with van der Waals surface area (Å²) in [5.74, 6) is 0.406. The Kier molecular flexibility index (Phi) is 5.74. The molecular weight excluding hydrogens is 388 g/mol. The summed E-state index contributed by atoms with van der Waals surface area (Å²) >= 11 is 5.96. The Labute approximate surface area is 163 Å². The minimum atomic E-state index is -3.58. The minimum Gasteiger partial charge on any atom is -0.480 e. The van der Waals surface area contributed by atoms with E-state index in [1.807, 2.05) is 0 Å². The van der Waals surface area contributed by atoms with Crippen LogP contribution in [-0.4, -0.2) is 26.5 Å². The van der Waals surface area contributed by atoms with Crippen LogP contribution in [0.5, 0.6) is 5.75 Å². The molecule has 3 rings (SSSR count). The van der Waals surface area contributed by atoms with Gasteiger partial charge in [-0.1, -0.05) is 23.7 Å². The van der Waals surface area contributed by atoms with Gasteiger partial charge in [-0.05, 0) is 55.3 Å². The number of benzene rings is 2. The van der Waals surface area contributed by atoms with E-state index in [0.29, 0.717) is 22.8 Å². The first-order valence-corrected chi connectivity index (χ1v) is 10.4. The van der Waals surface area contributed by atoms with Gasteiger partial charge in [0.05, 0.1) is 4.90 Å². The van der Waals surface area contributed by atoms with Crippen LogP contribution in [0.15, 0.2) is 47.4 Å². The van der Waals surface area contributed by atoms with Crippen LogP contribution in [0.1, 0.15) is 25.0 Å². The van der Waals surface area contributed by atoms with Gasteiger partial charge in [-0.2, -0.15) is 0 Å². The van der Waals surface area contributed by atoms with Crippen LogP contribution in [0, 0.1) is 0 Å². The number of rotatable bonds is 6. The third-order valence-corrected chi connectivity index (χ3v) is 5.95. The molecule has 0 aromatic heterocycles. The van der Waals surface area contributed by atoms with Crippen molar-refractivity contribution in [3.05, 3.63) is 58.6 Å². The number of ether oxygens (including phenoxy) is 1. The number of sulfonamides is 1. The van der Waals surface area contributed by atoms with Gasteiger partial charge >= 0.3 is 0 Å². The van der Waals surface area contributed by atoms with E-state index in [0.717, 1.165) is 5.56 Å². The summed E-state index contributed by atoms with van der Waals surface area (Å²) in [5, 5.41) is 3.40. The summed E-state index contributed by atoms with van der Waals surface area (Å²) in [5.41, 5.74) is 1.59. The largest absolute Gasteiger partial charge is 0.480 e. The number of carbonyl (C=O) groups is 1. The molecule has 0 saturated heterocycles. The average Bonchev–Trinajstić information content (AvgIpc) is 3.02. The fourth-order valence-corrected chi connectivity index (χ4v) is 4.38. The molecular formula is C19H21ClN2O4S. The van der Waals surface area contributed by atoms with Gasteiger partial charge in [-0.15, -0.1) is 0 Å². The van der Waals surface area contributed by atoms with Crippen molar-refractivity contribution in [2.24, 2.45) is 0 Å². The molecule has 1 amide bonds. The van der Waals surface area contributed by atoms with Gasteiger partial charge in [0, 0.05) is 24.0 Å². The standard InChI is InChI=1S/C19H21ClN2O4S/c1-12(2)22-27(24,25)16-5-3-4-13(8-16)11-21-19(23)18-10-14-9-15(20)6-7-17(14)26-18/h3-9,12,18,22H,10-11H2,1-2H3,(H,21,23). The molecule has 6 nitrogen and oxygen atoms in total. The van der Waals surface area contributed by atoms with Gasteiger partial charge in [0.15, 0.2) is 6.10 Å². The van der Waals surface area contributed by atoms with Crippen LogP contribution in [0.4, 0.5) is 0 Å². The number of nitrogens with one attached hydrogen (secondary N) is 2. The smallest absolute Gasteiger partial charge is 0.261 e. The van der Waals surface area contributed by atoms with Crippen molar-refractivity contribution < 1.29 is 17.9 Å². The maximum Gasteiger partial charge on any atom is 0.261 e. The molecule has 1 aliphatic heterocycles. The van der Waals surface area contributed by atoms with Gasteiger partial charge in [-0.3, -0.25) is 4.79 Å². The van der Waals surface area contributed by atoms with Gasteiger partial charge in [0.25, 0.3) is 5.91 Å². The summed E-state index contributed by atoms with van der Waals surface area (Å²) in [6, 6.07) is 11.6. The summed E-state index contributed by atoms with van der Waals surface area (Å²) in [6.07, 6.45) is -0.165. The lowest BCUT2D eigenvalue weighted by molar-refractivity contribution is -0.127. The molecule has 144 valence electrons. The van der Waals surface area contributed by atoms with Crippen LogP contribution in [0.25, 0.3) is 0 Å². The first kappa shape index (κ1) is 19.7.